The van der Waals surface area contributed by atoms with Crippen LogP contribution in [0.2, 0.25) is 0 Å². The number of thiocarbonyl (C=S) groups is 1. The molecule has 4 nitrogen and oxygen atoms in total. The van der Waals surface area contributed by atoms with Crippen LogP contribution < -0.4 is 16.2 Å². The molecule has 21 heavy (non-hydrogen) atoms. The SMILES string of the molecule is CCCCCNC(=S)NNC(=O)CSc1ccccc1C. The highest BCUT2D eigenvalue weighted by molar-refractivity contribution is 8.00. The van der Waals surface area contributed by atoms with Gasteiger partial charge in [-0.2, -0.15) is 0 Å². The molecule has 1 aromatic carbocycles. The maximum absolute atomic E-state index is 11.7. The Morgan fingerprint density at radius 3 is 2.71 bits per heavy atom. The Labute approximate surface area is 136 Å². The monoisotopic (exact) mass is 325 g/mol. The van der Waals surface area contributed by atoms with Crippen molar-refractivity contribution in [1.29, 1.82) is 0 Å². The zero-order valence-electron chi connectivity index (χ0n) is 12.6. The fourth-order valence-corrected chi connectivity index (χ4v) is 2.63. The molecule has 1 rings (SSSR count). The van der Waals surface area contributed by atoms with Crippen LogP contribution in [-0.4, -0.2) is 23.3 Å². The van der Waals surface area contributed by atoms with E-state index in [0.717, 1.165) is 17.9 Å². The van der Waals surface area contributed by atoms with Crippen LogP contribution in [0.1, 0.15) is 31.7 Å². The minimum Gasteiger partial charge on any atom is -0.361 e. The van der Waals surface area contributed by atoms with E-state index in [1.54, 1.807) is 0 Å². The van der Waals surface area contributed by atoms with Crippen molar-refractivity contribution in [3.63, 3.8) is 0 Å². The average molecular weight is 326 g/mol. The molecule has 0 aliphatic heterocycles. The van der Waals surface area contributed by atoms with Crippen LogP contribution in [0.3, 0.4) is 0 Å². The van der Waals surface area contributed by atoms with E-state index in [1.807, 2.05) is 31.2 Å². The van der Waals surface area contributed by atoms with E-state index in [1.165, 1.54) is 30.2 Å². The van der Waals surface area contributed by atoms with Gasteiger partial charge in [0, 0.05) is 11.4 Å². The second kappa shape index (κ2) is 10.5. The van der Waals surface area contributed by atoms with Crippen LogP contribution in [-0.2, 0) is 4.79 Å². The van der Waals surface area contributed by atoms with Crippen molar-refractivity contribution in [1.82, 2.24) is 16.2 Å². The van der Waals surface area contributed by atoms with Crippen molar-refractivity contribution in [2.75, 3.05) is 12.3 Å². The summed E-state index contributed by atoms with van der Waals surface area (Å²) in [5.74, 6) is 0.261. The largest absolute Gasteiger partial charge is 0.361 e. The fourth-order valence-electron chi connectivity index (χ4n) is 1.65. The van der Waals surface area contributed by atoms with E-state index in [2.05, 4.69) is 23.1 Å². The van der Waals surface area contributed by atoms with Gasteiger partial charge < -0.3 is 5.32 Å². The quantitative estimate of drug-likeness (QED) is 0.311. The third kappa shape index (κ3) is 7.92. The molecule has 0 aliphatic rings. The Morgan fingerprint density at radius 2 is 2.00 bits per heavy atom. The van der Waals surface area contributed by atoms with Gasteiger partial charge in [-0.3, -0.25) is 15.6 Å². The van der Waals surface area contributed by atoms with Crippen molar-refractivity contribution in [3.05, 3.63) is 29.8 Å². The van der Waals surface area contributed by atoms with E-state index >= 15 is 0 Å². The lowest BCUT2D eigenvalue weighted by Crippen LogP contribution is -2.47. The van der Waals surface area contributed by atoms with Crippen molar-refractivity contribution in [3.8, 4) is 0 Å². The molecule has 0 heterocycles. The predicted molar refractivity (Wildman–Crippen MR) is 93.3 cm³/mol. The number of carbonyl (C=O) groups excluding carboxylic acids is 1. The summed E-state index contributed by atoms with van der Waals surface area (Å²) in [6.07, 6.45) is 3.43. The summed E-state index contributed by atoms with van der Waals surface area (Å²) < 4.78 is 0. The third-order valence-electron chi connectivity index (χ3n) is 2.83. The van der Waals surface area contributed by atoms with Gasteiger partial charge in [-0.1, -0.05) is 38.0 Å². The topological polar surface area (TPSA) is 53.2 Å². The van der Waals surface area contributed by atoms with Crippen LogP contribution in [0.4, 0.5) is 0 Å². The first kappa shape index (κ1) is 17.8. The van der Waals surface area contributed by atoms with Crippen LogP contribution in [0, 0.1) is 6.92 Å². The second-order valence-electron chi connectivity index (χ2n) is 4.69. The molecule has 0 saturated heterocycles. The number of aryl methyl sites for hydroxylation is 1. The van der Waals surface area contributed by atoms with Gasteiger partial charge in [0.05, 0.1) is 5.75 Å². The van der Waals surface area contributed by atoms with Crippen LogP contribution in [0.25, 0.3) is 0 Å². The third-order valence-corrected chi connectivity index (χ3v) is 4.26. The van der Waals surface area contributed by atoms with Crippen molar-refractivity contribution in [2.45, 2.75) is 38.0 Å². The Balaban J connectivity index is 2.16. The molecule has 0 bridgehead atoms. The summed E-state index contributed by atoms with van der Waals surface area (Å²) in [5, 5.41) is 3.51. The number of amides is 1. The Bertz CT molecular complexity index is 466. The summed E-state index contributed by atoms with van der Waals surface area (Å²) >= 11 is 6.59. The number of carbonyl (C=O) groups is 1. The number of hydrogen-bond acceptors (Lipinski definition) is 3. The normalized spacial score (nSPS) is 10.0. The van der Waals surface area contributed by atoms with Crippen molar-refractivity contribution >= 4 is 35.0 Å². The number of nitrogens with one attached hydrogen (secondary N) is 3. The van der Waals surface area contributed by atoms with Crippen molar-refractivity contribution in [2.24, 2.45) is 0 Å². The predicted octanol–water partition coefficient (Wildman–Crippen LogP) is 2.77. The van der Waals surface area contributed by atoms with E-state index < -0.39 is 0 Å². The lowest BCUT2D eigenvalue weighted by atomic mass is 10.2. The number of hydrogen-bond donors (Lipinski definition) is 3. The molecular weight excluding hydrogens is 302 g/mol. The number of rotatable bonds is 7. The standard InChI is InChI=1S/C15H23N3OS2/c1-3-4-7-10-16-15(20)18-17-14(19)11-21-13-9-6-5-8-12(13)2/h5-6,8-9H,3-4,7,10-11H2,1-2H3,(H,17,19)(H2,16,18,20). The van der Waals surface area contributed by atoms with E-state index in [9.17, 15) is 4.79 Å². The van der Waals surface area contributed by atoms with E-state index in [-0.39, 0.29) is 5.91 Å². The smallest absolute Gasteiger partial charge is 0.248 e. The molecule has 0 unspecified atom stereocenters. The molecule has 116 valence electrons. The molecule has 0 aliphatic carbocycles. The van der Waals surface area contributed by atoms with Crippen LogP contribution in [0.15, 0.2) is 29.2 Å². The van der Waals surface area contributed by atoms with Crippen LogP contribution in [0.5, 0.6) is 0 Å². The highest BCUT2D eigenvalue weighted by atomic mass is 32.2. The zero-order chi connectivity index (χ0) is 15.5. The molecule has 0 atom stereocenters. The minimum atomic E-state index is -0.0963. The average Bonchev–Trinajstić information content (AvgIpc) is 2.48. The lowest BCUT2D eigenvalue weighted by Gasteiger charge is -2.11. The first-order chi connectivity index (χ1) is 10.1. The minimum absolute atomic E-state index is 0.0963. The Kier molecular flexibility index (Phi) is 8.85. The van der Waals surface area contributed by atoms with E-state index in [4.69, 9.17) is 12.2 Å². The first-order valence-corrected chi connectivity index (χ1v) is 8.54. The van der Waals surface area contributed by atoms with Gasteiger partial charge in [0.2, 0.25) is 5.91 Å². The van der Waals surface area contributed by atoms with Gasteiger partial charge >= 0.3 is 0 Å². The van der Waals surface area contributed by atoms with Gasteiger partial charge in [0.15, 0.2) is 5.11 Å². The zero-order valence-corrected chi connectivity index (χ0v) is 14.2. The highest BCUT2D eigenvalue weighted by Gasteiger charge is 2.04. The molecule has 1 aromatic rings. The second-order valence-corrected chi connectivity index (χ2v) is 6.12. The van der Waals surface area contributed by atoms with Gasteiger partial charge in [0.25, 0.3) is 0 Å². The Morgan fingerprint density at radius 1 is 1.24 bits per heavy atom. The van der Waals surface area contributed by atoms with Gasteiger partial charge in [-0.05, 0) is 37.2 Å². The number of benzene rings is 1. The summed E-state index contributed by atoms with van der Waals surface area (Å²) in [4.78, 5) is 12.8. The maximum Gasteiger partial charge on any atom is 0.248 e. The maximum atomic E-state index is 11.7. The number of hydrazine groups is 1. The van der Waals surface area contributed by atoms with Crippen molar-refractivity contribution < 1.29 is 4.79 Å². The van der Waals surface area contributed by atoms with Gasteiger partial charge in [-0.15, -0.1) is 11.8 Å². The Hall–Kier alpha value is -1.27. The molecule has 3 N–H and O–H groups in total. The molecule has 0 radical (unpaired) electrons. The fraction of sp³-hybridized carbons (Fsp3) is 0.467. The number of thioether (sulfide) groups is 1. The molecular formula is C15H23N3OS2. The van der Waals surface area contributed by atoms with Crippen LogP contribution >= 0.6 is 24.0 Å². The first-order valence-electron chi connectivity index (χ1n) is 7.14. The summed E-state index contributed by atoms with van der Waals surface area (Å²) in [5.41, 5.74) is 6.49. The molecule has 0 spiro atoms. The molecule has 0 fully saturated rings. The summed E-state index contributed by atoms with van der Waals surface area (Å²) in [6, 6.07) is 8.01. The highest BCUT2D eigenvalue weighted by Crippen LogP contribution is 2.21. The molecule has 6 heteroatoms. The molecule has 0 aromatic heterocycles. The number of unbranched alkanes of at least 4 members (excludes halogenated alkanes) is 2. The van der Waals surface area contributed by atoms with Gasteiger partial charge in [0.1, 0.15) is 0 Å². The molecule has 0 saturated carbocycles. The summed E-state index contributed by atoms with van der Waals surface area (Å²) in [6.45, 7) is 5.02. The lowest BCUT2D eigenvalue weighted by molar-refractivity contribution is -0.119. The molecule has 1 amide bonds. The van der Waals surface area contributed by atoms with E-state index in [0.29, 0.717) is 10.9 Å². The summed E-state index contributed by atoms with van der Waals surface area (Å²) in [7, 11) is 0. The van der Waals surface area contributed by atoms with Gasteiger partial charge in [-0.25, -0.2) is 0 Å².